The number of imidazole rings is 1. The summed E-state index contributed by atoms with van der Waals surface area (Å²) in [4.78, 5) is 12.9. The van der Waals surface area contributed by atoms with Gasteiger partial charge in [-0.3, -0.25) is 4.99 Å². The van der Waals surface area contributed by atoms with Crippen LogP contribution in [0.5, 0.6) is 0 Å². The predicted octanol–water partition coefficient (Wildman–Crippen LogP) is 10.2. The van der Waals surface area contributed by atoms with Gasteiger partial charge in [0.1, 0.15) is 0 Å². The molecule has 0 amide bonds. The van der Waals surface area contributed by atoms with Crippen molar-refractivity contribution >= 4 is 53.0 Å². The molecule has 0 saturated carbocycles. The van der Waals surface area contributed by atoms with E-state index < -0.39 is 35.2 Å². The molecule has 1 aromatic rings. The summed E-state index contributed by atoms with van der Waals surface area (Å²) in [6.45, 7) is 38.2. The lowest BCUT2D eigenvalue weighted by atomic mass is 10.3. The second-order valence-electron chi connectivity index (χ2n) is 16.2. The summed E-state index contributed by atoms with van der Waals surface area (Å²) in [5, 5.41) is 0. The molecule has 2 heterocycles. The fraction of sp³-hybridized carbons (Fsp3) is 0.878. The van der Waals surface area contributed by atoms with Crippen LogP contribution in [0.15, 0.2) is 36.0 Å². The zero-order chi connectivity index (χ0) is 52.8. The molecule has 0 aromatic carbocycles. The number of nitrogens with zero attached hydrogens (tertiary/aromatic N) is 5. The van der Waals surface area contributed by atoms with Gasteiger partial charge in [-0.25, -0.2) is 4.98 Å². The van der Waals surface area contributed by atoms with Gasteiger partial charge in [-0.1, -0.05) is 6.08 Å². The van der Waals surface area contributed by atoms with E-state index in [0.29, 0.717) is 85.2 Å². The lowest BCUT2D eigenvalue weighted by molar-refractivity contribution is 0.0677. The maximum absolute atomic E-state index is 6.05. The lowest BCUT2D eigenvalue weighted by Gasteiger charge is -2.31. The number of alkyl halides is 1. The van der Waals surface area contributed by atoms with Gasteiger partial charge >= 0.3 is 35.2 Å². The molecule has 420 valence electrons. The van der Waals surface area contributed by atoms with Gasteiger partial charge in [0.25, 0.3) is 0 Å². The molecule has 0 fully saturated rings. The van der Waals surface area contributed by atoms with Gasteiger partial charge in [0.15, 0.2) is 0 Å². The van der Waals surface area contributed by atoms with Gasteiger partial charge in [0.05, 0.1) is 6.33 Å². The Morgan fingerprint density at radius 1 is 0.437 bits per heavy atom. The van der Waals surface area contributed by atoms with E-state index in [1.807, 2.05) is 114 Å². The minimum atomic E-state index is -2.62. The molecule has 71 heavy (non-hydrogen) atoms. The van der Waals surface area contributed by atoms with Crippen LogP contribution >= 0.6 is 11.6 Å². The summed E-state index contributed by atoms with van der Waals surface area (Å²) >= 11 is 5.97. The monoisotopic (exact) mass is 1100 g/mol. The number of aliphatic imine (C=N–C) groups is 1. The molecule has 17 nitrogen and oxygen atoms in total. The number of aryl methyl sites for hydroxylation is 1. The highest BCUT2D eigenvalue weighted by Gasteiger charge is 2.43. The Balaban J connectivity index is 0.00000126. The molecule has 1 aromatic heterocycles. The molecule has 22 heteroatoms. The Bertz CT molecular complexity index is 1230. The van der Waals surface area contributed by atoms with Crippen molar-refractivity contribution in [3.05, 3.63) is 31.0 Å². The summed E-state index contributed by atoms with van der Waals surface area (Å²) < 4.78 is 74.4. The van der Waals surface area contributed by atoms with Crippen molar-refractivity contribution in [1.29, 1.82) is 0 Å². The third kappa shape index (κ3) is 33.1. The predicted molar refractivity (Wildman–Crippen MR) is 298 cm³/mol. The first kappa shape index (κ1) is 70.2. The van der Waals surface area contributed by atoms with Crippen LogP contribution in [-0.2, 0) is 59.7 Å². The molecule has 0 unspecified atom stereocenters. The summed E-state index contributed by atoms with van der Waals surface area (Å²) in [5.74, 6) is 0.668. The Kier molecular flexibility index (Phi) is 46.0. The number of halogens is 1. The number of allylic oxidation sites excluding steroid dienone is 1. The van der Waals surface area contributed by atoms with Crippen molar-refractivity contribution < 1.29 is 53.1 Å². The number of rotatable bonds is 47. The van der Waals surface area contributed by atoms with Gasteiger partial charge in [-0.2, -0.15) is 0 Å². The topological polar surface area (TPSA) is 147 Å². The molecule has 0 aliphatic carbocycles. The van der Waals surface area contributed by atoms with Gasteiger partial charge < -0.3 is 67.5 Å². The van der Waals surface area contributed by atoms with Crippen molar-refractivity contribution in [2.75, 3.05) is 124 Å². The highest BCUT2D eigenvalue weighted by molar-refractivity contribution is 6.61. The summed E-state index contributed by atoms with van der Waals surface area (Å²) in [7, 11) is -10.4. The standard InChI is InChI=1S/C24H51N3O6Si2.C21H48ClNO6Si2.C4H5N/c1-7-28-34(29-8-2,30-9-3)22-14-19-26(17-13-18-27-21-16-25-24-27)20-15-23-35(31-10-4,32-11-5)33-12-6;1-7-24-30(25-8-2,26-9-3)20-14-18-23(17-13-16-22)19-15-21-31(27-10-4,28-11-5)29-12-6;1-2-4-5-3-1/h16,21,24H,7-15,17-20,22-23H2,1-6H3;7-21H2,1-6H3;1,3-4H,2H2. The Labute approximate surface area is 442 Å². The van der Waals surface area contributed by atoms with E-state index in [9.17, 15) is 0 Å². The lowest BCUT2D eigenvalue weighted by Crippen LogP contribution is -2.47. The van der Waals surface area contributed by atoms with E-state index in [4.69, 9.17) is 64.7 Å². The first-order valence-electron chi connectivity index (χ1n) is 27.3. The molecule has 0 radical (unpaired) electrons. The average molecular weight is 1100 g/mol. The summed E-state index contributed by atoms with van der Waals surface area (Å²) in [5.41, 5.74) is 0. The molecule has 0 saturated heterocycles. The first-order valence-corrected chi connectivity index (χ1v) is 35.6. The Hall–Kier alpha value is -0.782. The van der Waals surface area contributed by atoms with E-state index in [-0.39, 0.29) is 0 Å². The third-order valence-electron chi connectivity index (χ3n) is 10.8. The van der Waals surface area contributed by atoms with Gasteiger partial charge in [0.2, 0.25) is 0 Å². The Morgan fingerprint density at radius 2 is 0.732 bits per heavy atom. The van der Waals surface area contributed by atoms with Crippen LogP contribution in [-0.4, -0.2) is 185 Å². The number of hydrogen-bond acceptors (Lipinski definition) is 16. The van der Waals surface area contributed by atoms with Gasteiger partial charge in [-0.15, -0.1) is 11.6 Å². The largest absolute Gasteiger partial charge is 0.500 e. The molecular weight excluding hydrogens is 998 g/mol. The molecule has 0 bridgehead atoms. The molecule has 0 N–H and O–H groups in total. The van der Waals surface area contributed by atoms with Crippen molar-refractivity contribution in [2.24, 2.45) is 4.99 Å². The van der Waals surface area contributed by atoms with Crippen molar-refractivity contribution in [2.45, 2.75) is 159 Å². The zero-order valence-corrected chi connectivity index (χ0v) is 51.7. The maximum atomic E-state index is 6.05. The fourth-order valence-electron chi connectivity index (χ4n) is 8.24. The summed E-state index contributed by atoms with van der Waals surface area (Å²) in [6, 6.07) is 3.32. The Morgan fingerprint density at radius 3 is 0.944 bits per heavy atom. The van der Waals surface area contributed by atoms with Crippen LogP contribution < -0.4 is 0 Å². The number of aromatic nitrogens is 2. The first-order chi connectivity index (χ1) is 34.5. The zero-order valence-electron chi connectivity index (χ0n) is 46.9. The van der Waals surface area contributed by atoms with E-state index in [2.05, 4.69) is 24.3 Å². The van der Waals surface area contributed by atoms with Crippen molar-refractivity contribution in [3.8, 4) is 0 Å². The second-order valence-corrected chi connectivity index (χ2v) is 27.5. The maximum Gasteiger partial charge on any atom is 0.500 e. The normalized spacial score (nSPS) is 13.1. The molecule has 1 aliphatic rings. The molecule has 1 aliphatic heterocycles. The molecule has 0 atom stereocenters. The van der Waals surface area contributed by atoms with Crippen molar-refractivity contribution in [1.82, 2.24) is 19.4 Å². The van der Waals surface area contributed by atoms with Gasteiger partial charge in [0, 0.05) is 147 Å². The number of hydrogen-bond donors (Lipinski definition) is 0. The van der Waals surface area contributed by atoms with Crippen LogP contribution in [0.3, 0.4) is 0 Å². The summed E-state index contributed by atoms with van der Waals surface area (Å²) in [6.07, 6.45) is 18.4. The van der Waals surface area contributed by atoms with Crippen LogP contribution in [0.4, 0.5) is 0 Å². The SMILES string of the molecule is C1=CN=CC1.CCO[Si](CCCN(CCCCl)CCC[Si](OCC)(OCC)OCC)(OCC)OCC.CCO[Si](CCCN(CCCn1ccnc1)CCC[Si](OCC)(OCC)OCC)(OCC)OCC. The minimum Gasteiger partial charge on any atom is -0.374 e. The van der Waals surface area contributed by atoms with E-state index in [0.717, 1.165) is 115 Å². The van der Waals surface area contributed by atoms with E-state index >= 15 is 0 Å². The molecule has 2 rings (SSSR count). The highest BCUT2D eigenvalue weighted by atomic mass is 35.5. The van der Waals surface area contributed by atoms with Crippen LogP contribution in [0.25, 0.3) is 0 Å². The molecule has 0 spiro atoms. The minimum absolute atomic E-state index is 0.611. The quantitative estimate of drug-likeness (QED) is 0.0450. The van der Waals surface area contributed by atoms with Gasteiger partial charge in [-0.05, 0) is 161 Å². The second kappa shape index (κ2) is 46.5. The third-order valence-corrected chi connectivity index (χ3v) is 23.7. The van der Waals surface area contributed by atoms with Crippen LogP contribution in [0.2, 0.25) is 24.2 Å². The molecular formula is C49H104ClN5O12Si4. The van der Waals surface area contributed by atoms with Crippen LogP contribution in [0.1, 0.15) is 128 Å². The van der Waals surface area contributed by atoms with E-state index in [1.54, 1.807) is 6.20 Å². The van der Waals surface area contributed by atoms with Crippen molar-refractivity contribution in [3.63, 3.8) is 0 Å². The smallest absolute Gasteiger partial charge is 0.374 e. The fourth-order valence-corrected chi connectivity index (χ4v) is 18.7. The van der Waals surface area contributed by atoms with Crippen LogP contribution in [0, 0.1) is 0 Å². The highest BCUT2D eigenvalue weighted by Crippen LogP contribution is 2.23. The van der Waals surface area contributed by atoms with E-state index in [1.165, 1.54) is 0 Å². The average Bonchev–Trinajstić information content (AvgIpc) is 4.11.